The van der Waals surface area contributed by atoms with E-state index in [0.29, 0.717) is 0 Å². The summed E-state index contributed by atoms with van der Waals surface area (Å²) in [5.41, 5.74) is 1.19. The molecule has 7 heteroatoms. The molecule has 26 heavy (non-hydrogen) atoms. The summed E-state index contributed by atoms with van der Waals surface area (Å²) in [7, 11) is 0. The first kappa shape index (κ1) is 17.5. The molecule has 0 bridgehead atoms. The molecule has 6 nitrogen and oxygen atoms in total. The maximum Gasteiger partial charge on any atom is 0.151 e. The van der Waals surface area contributed by atoms with E-state index >= 15 is 0 Å². The Morgan fingerprint density at radius 1 is 0.808 bits per heavy atom. The number of ether oxygens (including phenoxy) is 1. The van der Waals surface area contributed by atoms with Crippen molar-refractivity contribution < 1.29 is 4.74 Å². The second-order valence-electron chi connectivity index (χ2n) is 6.70. The Bertz CT molecular complexity index is 712. The molecule has 2 saturated heterocycles. The monoisotopic (exact) mass is 373 g/mol. The van der Waals surface area contributed by atoms with E-state index in [1.807, 2.05) is 18.2 Å². The molecule has 0 saturated carbocycles. The molecule has 3 heterocycles. The summed E-state index contributed by atoms with van der Waals surface area (Å²) in [4.78, 5) is 6.97. The van der Waals surface area contributed by atoms with Crippen LogP contribution in [0.3, 0.4) is 0 Å². The average molecular weight is 374 g/mol. The summed E-state index contributed by atoms with van der Waals surface area (Å²) in [6.07, 6.45) is 0. The van der Waals surface area contributed by atoms with Crippen molar-refractivity contribution in [3.63, 3.8) is 0 Å². The number of halogens is 1. The van der Waals surface area contributed by atoms with E-state index in [-0.39, 0.29) is 0 Å². The highest BCUT2D eigenvalue weighted by Gasteiger charge is 2.20. The molecule has 0 aliphatic carbocycles. The number of morpholine rings is 1. The Hall–Kier alpha value is -1.89. The van der Waals surface area contributed by atoms with Gasteiger partial charge in [0, 0.05) is 50.8 Å². The van der Waals surface area contributed by atoms with E-state index in [0.717, 1.165) is 75.7 Å². The lowest BCUT2D eigenvalue weighted by molar-refractivity contribution is 0.122. The van der Waals surface area contributed by atoms with E-state index in [1.165, 1.54) is 5.56 Å². The molecule has 0 spiro atoms. The van der Waals surface area contributed by atoms with Gasteiger partial charge in [-0.3, -0.25) is 4.90 Å². The minimum absolute atomic E-state index is 0.761. The molecule has 138 valence electrons. The Balaban J connectivity index is 1.32. The van der Waals surface area contributed by atoms with Gasteiger partial charge in [0.25, 0.3) is 0 Å². The summed E-state index contributed by atoms with van der Waals surface area (Å²) in [5, 5.41) is 9.72. The Labute approximate surface area is 159 Å². The second-order valence-corrected chi connectivity index (χ2v) is 7.11. The van der Waals surface area contributed by atoms with Crippen LogP contribution in [0.15, 0.2) is 36.4 Å². The number of piperazine rings is 1. The summed E-state index contributed by atoms with van der Waals surface area (Å²) in [5.74, 6) is 1.90. The van der Waals surface area contributed by atoms with E-state index < -0.39 is 0 Å². The quantitative estimate of drug-likeness (QED) is 0.819. The van der Waals surface area contributed by atoms with Gasteiger partial charge in [-0.1, -0.05) is 29.8 Å². The van der Waals surface area contributed by atoms with Crippen LogP contribution in [0.25, 0.3) is 0 Å². The number of anilines is 2. The number of benzene rings is 1. The van der Waals surface area contributed by atoms with Gasteiger partial charge in [0.2, 0.25) is 0 Å². The summed E-state index contributed by atoms with van der Waals surface area (Å²) in [6.45, 7) is 8.09. The predicted octanol–water partition coefficient (Wildman–Crippen LogP) is 2.29. The molecule has 4 rings (SSSR count). The van der Waals surface area contributed by atoms with Crippen LogP contribution in [-0.4, -0.2) is 67.6 Å². The van der Waals surface area contributed by atoms with Gasteiger partial charge in [0.05, 0.1) is 13.2 Å². The molecule has 0 radical (unpaired) electrons. The van der Waals surface area contributed by atoms with Crippen molar-refractivity contribution in [1.82, 2.24) is 15.1 Å². The molecule has 0 unspecified atom stereocenters. The zero-order chi connectivity index (χ0) is 17.8. The van der Waals surface area contributed by atoms with Crippen LogP contribution < -0.4 is 9.80 Å². The van der Waals surface area contributed by atoms with E-state index in [4.69, 9.17) is 16.3 Å². The van der Waals surface area contributed by atoms with Crippen LogP contribution >= 0.6 is 11.6 Å². The van der Waals surface area contributed by atoms with Gasteiger partial charge in [-0.05, 0) is 23.8 Å². The minimum Gasteiger partial charge on any atom is -0.378 e. The smallest absolute Gasteiger partial charge is 0.151 e. The van der Waals surface area contributed by atoms with Gasteiger partial charge >= 0.3 is 0 Å². The Kier molecular flexibility index (Phi) is 5.53. The predicted molar refractivity (Wildman–Crippen MR) is 104 cm³/mol. The fourth-order valence-corrected chi connectivity index (χ4v) is 3.65. The SMILES string of the molecule is Clc1ccccc1CN1CCN(c2ccc(N3CCOCC3)nn2)CC1. The Morgan fingerprint density at radius 2 is 1.42 bits per heavy atom. The molecule has 0 N–H and O–H groups in total. The molecule has 1 aromatic carbocycles. The van der Waals surface area contributed by atoms with Crippen LogP contribution in [0.1, 0.15) is 5.56 Å². The van der Waals surface area contributed by atoms with Crippen molar-refractivity contribution in [2.75, 3.05) is 62.3 Å². The molecule has 2 aromatic rings. The lowest BCUT2D eigenvalue weighted by Crippen LogP contribution is -2.46. The summed E-state index contributed by atoms with van der Waals surface area (Å²) >= 11 is 6.28. The van der Waals surface area contributed by atoms with Gasteiger partial charge in [0.1, 0.15) is 0 Å². The molecule has 0 amide bonds. The molecule has 0 atom stereocenters. The van der Waals surface area contributed by atoms with Crippen LogP contribution in [-0.2, 0) is 11.3 Å². The van der Waals surface area contributed by atoms with Crippen molar-refractivity contribution in [1.29, 1.82) is 0 Å². The molecule has 2 aliphatic heterocycles. The highest BCUT2D eigenvalue weighted by molar-refractivity contribution is 6.31. The fraction of sp³-hybridized carbons (Fsp3) is 0.474. The van der Waals surface area contributed by atoms with Crippen LogP contribution in [0.5, 0.6) is 0 Å². The minimum atomic E-state index is 0.761. The molecule has 2 aliphatic rings. The topological polar surface area (TPSA) is 44.7 Å². The first-order valence-electron chi connectivity index (χ1n) is 9.17. The third-order valence-electron chi connectivity index (χ3n) is 5.02. The van der Waals surface area contributed by atoms with Crippen molar-refractivity contribution in [2.45, 2.75) is 6.54 Å². The van der Waals surface area contributed by atoms with Crippen LogP contribution in [0.2, 0.25) is 5.02 Å². The summed E-state index contributed by atoms with van der Waals surface area (Å²) in [6, 6.07) is 12.2. The summed E-state index contributed by atoms with van der Waals surface area (Å²) < 4.78 is 5.39. The highest BCUT2D eigenvalue weighted by Crippen LogP contribution is 2.20. The van der Waals surface area contributed by atoms with E-state index in [2.05, 4.69) is 43.1 Å². The maximum absolute atomic E-state index is 6.28. The third-order valence-corrected chi connectivity index (χ3v) is 5.39. The molecular weight excluding hydrogens is 350 g/mol. The first-order valence-corrected chi connectivity index (χ1v) is 9.54. The van der Waals surface area contributed by atoms with Gasteiger partial charge < -0.3 is 14.5 Å². The van der Waals surface area contributed by atoms with Gasteiger partial charge in [0.15, 0.2) is 11.6 Å². The van der Waals surface area contributed by atoms with Crippen LogP contribution in [0.4, 0.5) is 11.6 Å². The highest BCUT2D eigenvalue weighted by atomic mass is 35.5. The lowest BCUT2D eigenvalue weighted by atomic mass is 10.2. The molecule has 2 fully saturated rings. The van der Waals surface area contributed by atoms with Crippen molar-refractivity contribution in [2.24, 2.45) is 0 Å². The van der Waals surface area contributed by atoms with E-state index in [1.54, 1.807) is 0 Å². The zero-order valence-electron chi connectivity index (χ0n) is 14.9. The Morgan fingerprint density at radius 3 is 2.04 bits per heavy atom. The van der Waals surface area contributed by atoms with Gasteiger partial charge in [-0.25, -0.2) is 0 Å². The zero-order valence-corrected chi connectivity index (χ0v) is 15.6. The number of aromatic nitrogens is 2. The second kappa shape index (κ2) is 8.20. The third kappa shape index (κ3) is 4.09. The van der Waals surface area contributed by atoms with Crippen molar-refractivity contribution in [3.05, 3.63) is 47.0 Å². The standard InChI is InChI=1S/C19H24ClN5O/c20-17-4-2-1-3-16(17)15-23-7-9-24(10-8-23)18-5-6-19(22-21-18)25-11-13-26-14-12-25/h1-6H,7-15H2. The van der Waals surface area contributed by atoms with Crippen molar-refractivity contribution >= 4 is 23.2 Å². The number of nitrogens with zero attached hydrogens (tertiary/aromatic N) is 5. The van der Waals surface area contributed by atoms with Crippen LogP contribution in [0, 0.1) is 0 Å². The largest absolute Gasteiger partial charge is 0.378 e. The fourth-order valence-electron chi connectivity index (χ4n) is 3.45. The van der Waals surface area contributed by atoms with Gasteiger partial charge in [-0.15, -0.1) is 10.2 Å². The van der Waals surface area contributed by atoms with Gasteiger partial charge in [-0.2, -0.15) is 0 Å². The average Bonchev–Trinajstić information content (AvgIpc) is 2.71. The number of hydrogen-bond acceptors (Lipinski definition) is 6. The van der Waals surface area contributed by atoms with E-state index in [9.17, 15) is 0 Å². The normalized spacial score (nSPS) is 19.0. The molecular formula is C19H24ClN5O. The number of hydrogen-bond donors (Lipinski definition) is 0. The first-order chi connectivity index (χ1) is 12.8. The lowest BCUT2D eigenvalue weighted by Gasteiger charge is -2.35. The number of rotatable bonds is 4. The molecule has 1 aromatic heterocycles. The van der Waals surface area contributed by atoms with Crippen molar-refractivity contribution in [3.8, 4) is 0 Å². The maximum atomic E-state index is 6.28.